The number of esters is 1. The number of hydrogen-bond donors (Lipinski definition) is 1. The fourth-order valence-electron chi connectivity index (χ4n) is 3.12. The fraction of sp³-hybridized carbons (Fsp3) is 0.292. The number of benzene rings is 2. The molecule has 34 heavy (non-hydrogen) atoms. The third-order valence-corrected chi connectivity index (χ3v) is 4.85. The summed E-state index contributed by atoms with van der Waals surface area (Å²) in [5.74, 6) is -2.98. The maximum Gasteiger partial charge on any atom is 0.452 e. The van der Waals surface area contributed by atoms with Crippen molar-refractivity contribution in [3.63, 3.8) is 0 Å². The molecule has 180 valence electrons. The van der Waals surface area contributed by atoms with Gasteiger partial charge in [0.2, 0.25) is 5.76 Å². The van der Waals surface area contributed by atoms with Crippen molar-refractivity contribution in [2.24, 2.45) is 0 Å². The summed E-state index contributed by atoms with van der Waals surface area (Å²) >= 11 is 0. The number of nitrogens with one attached hydrogen (secondary N) is 1. The summed E-state index contributed by atoms with van der Waals surface area (Å²) in [4.78, 5) is 26.9. The van der Waals surface area contributed by atoms with Crippen LogP contribution in [0.25, 0.3) is 11.1 Å². The van der Waals surface area contributed by atoms with Crippen LogP contribution in [0.2, 0.25) is 0 Å². The normalized spacial score (nSPS) is 11.3. The maximum atomic E-state index is 13.0. The molecule has 0 aliphatic heterocycles. The number of aromatic nitrogens is 1. The third kappa shape index (κ3) is 6.67. The van der Waals surface area contributed by atoms with Gasteiger partial charge in [0.1, 0.15) is 0 Å². The number of amides is 1. The van der Waals surface area contributed by atoms with Crippen molar-refractivity contribution in [2.45, 2.75) is 25.9 Å². The molecule has 0 aliphatic rings. The van der Waals surface area contributed by atoms with Crippen molar-refractivity contribution < 1.29 is 36.7 Å². The van der Waals surface area contributed by atoms with E-state index < -0.39 is 23.5 Å². The Morgan fingerprint density at radius 3 is 2.21 bits per heavy atom. The van der Waals surface area contributed by atoms with Gasteiger partial charge in [-0.25, -0.2) is 4.98 Å². The molecule has 0 saturated heterocycles. The van der Waals surface area contributed by atoms with Gasteiger partial charge in [-0.2, -0.15) is 13.2 Å². The highest BCUT2D eigenvalue weighted by Crippen LogP contribution is 2.33. The lowest BCUT2D eigenvalue weighted by molar-refractivity contribution is -0.153. The zero-order valence-corrected chi connectivity index (χ0v) is 18.6. The van der Waals surface area contributed by atoms with E-state index in [4.69, 9.17) is 4.74 Å². The molecule has 0 unspecified atom stereocenters. The molecule has 1 amide bonds. The maximum absolute atomic E-state index is 13.0. The first-order valence-corrected chi connectivity index (χ1v) is 10.4. The predicted molar refractivity (Wildman–Crippen MR) is 117 cm³/mol. The fourth-order valence-corrected chi connectivity index (χ4v) is 3.12. The Bertz CT molecular complexity index is 1120. The monoisotopic (exact) mass is 476 g/mol. The Labute approximate surface area is 193 Å². The standard InChI is InChI=1S/C24H23F3N2O5/c1-15-28-21(22(34-15)24(25,26)27)23(31)29-19-9-7-18(8-10-19)17-5-3-16(4-6-17)11-13-33-14-12-20(30)32-2/h3-10H,11-14H2,1-2H3,(H,29,31). The van der Waals surface area contributed by atoms with Crippen LogP contribution in [0.15, 0.2) is 52.9 Å². The summed E-state index contributed by atoms with van der Waals surface area (Å²) < 4.78 is 53.6. The minimum absolute atomic E-state index is 0.216. The van der Waals surface area contributed by atoms with E-state index in [1.807, 2.05) is 24.3 Å². The van der Waals surface area contributed by atoms with Gasteiger partial charge >= 0.3 is 12.1 Å². The number of alkyl halides is 3. The number of ether oxygens (including phenoxy) is 2. The number of rotatable bonds is 9. The highest BCUT2D eigenvalue weighted by Gasteiger charge is 2.41. The first kappa shape index (κ1) is 25.0. The molecule has 0 aliphatic carbocycles. The zero-order chi connectivity index (χ0) is 24.7. The van der Waals surface area contributed by atoms with Gasteiger partial charge < -0.3 is 19.2 Å². The Morgan fingerprint density at radius 1 is 1.00 bits per heavy atom. The van der Waals surface area contributed by atoms with Crippen LogP contribution in [-0.4, -0.2) is 37.2 Å². The Hall–Kier alpha value is -3.66. The van der Waals surface area contributed by atoms with E-state index in [2.05, 4.69) is 19.5 Å². The van der Waals surface area contributed by atoms with Crippen LogP contribution >= 0.6 is 0 Å². The van der Waals surface area contributed by atoms with Crippen molar-refractivity contribution in [1.29, 1.82) is 0 Å². The van der Waals surface area contributed by atoms with E-state index in [-0.39, 0.29) is 18.3 Å². The van der Waals surface area contributed by atoms with Crippen LogP contribution in [0.4, 0.5) is 18.9 Å². The highest BCUT2D eigenvalue weighted by molar-refractivity contribution is 6.03. The second-order valence-corrected chi connectivity index (χ2v) is 7.33. The molecule has 0 atom stereocenters. The largest absolute Gasteiger partial charge is 0.469 e. The zero-order valence-electron chi connectivity index (χ0n) is 18.6. The van der Waals surface area contributed by atoms with Gasteiger partial charge in [0.05, 0.1) is 26.7 Å². The molecule has 0 spiro atoms. The van der Waals surface area contributed by atoms with E-state index in [1.165, 1.54) is 14.0 Å². The number of methoxy groups -OCH3 is 1. The van der Waals surface area contributed by atoms with E-state index >= 15 is 0 Å². The summed E-state index contributed by atoms with van der Waals surface area (Å²) in [5.41, 5.74) is 2.38. The summed E-state index contributed by atoms with van der Waals surface area (Å²) in [7, 11) is 1.33. The molecule has 0 bridgehead atoms. The van der Waals surface area contributed by atoms with Gasteiger partial charge in [-0.1, -0.05) is 36.4 Å². The molecule has 0 saturated carbocycles. The lowest BCUT2D eigenvalue weighted by Gasteiger charge is -2.08. The molecule has 1 aromatic heterocycles. The number of nitrogens with zero attached hydrogens (tertiary/aromatic N) is 1. The second kappa shape index (κ2) is 11.0. The number of oxazole rings is 1. The van der Waals surface area contributed by atoms with Crippen LogP contribution in [-0.2, 0) is 26.9 Å². The number of aryl methyl sites for hydroxylation is 1. The van der Waals surface area contributed by atoms with E-state index in [0.29, 0.717) is 25.3 Å². The van der Waals surface area contributed by atoms with Crippen LogP contribution in [0, 0.1) is 6.92 Å². The number of hydrogen-bond acceptors (Lipinski definition) is 6. The van der Waals surface area contributed by atoms with Crippen molar-refractivity contribution in [3.8, 4) is 11.1 Å². The molecule has 3 aromatic rings. The average molecular weight is 476 g/mol. The van der Waals surface area contributed by atoms with Crippen molar-refractivity contribution >= 4 is 17.6 Å². The smallest absolute Gasteiger partial charge is 0.452 e. The van der Waals surface area contributed by atoms with Gasteiger partial charge in [0.25, 0.3) is 5.91 Å². The first-order chi connectivity index (χ1) is 16.2. The number of anilines is 1. The number of carbonyl (C=O) groups is 2. The molecule has 0 radical (unpaired) electrons. The second-order valence-electron chi connectivity index (χ2n) is 7.33. The predicted octanol–water partition coefficient (Wildman–Crippen LogP) is 5.04. The summed E-state index contributed by atoms with van der Waals surface area (Å²) in [6, 6.07) is 14.5. The van der Waals surface area contributed by atoms with E-state index in [9.17, 15) is 22.8 Å². The number of halogens is 3. The molecule has 1 N–H and O–H groups in total. The molecule has 7 nitrogen and oxygen atoms in total. The van der Waals surface area contributed by atoms with E-state index in [0.717, 1.165) is 16.7 Å². The Kier molecular flexibility index (Phi) is 8.06. The van der Waals surface area contributed by atoms with Gasteiger partial charge in [0, 0.05) is 12.6 Å². The van der Waals surface area contributed by atoms with Crippen molar-refractivity contribution in [2.75, 3.05) is 25.6 Å². The van der Waals surface area contributed by atoms with Gasteiger partial charge in [-0.3, -0.25) is 9.59 Å². The van der Waals surface area contributed by atoms with Crippen LogP contribution in [0.5, 0.6) is 0 Å². The molecule has 10 heteroatoms. The van der Waals surface area contributed by atoms with Crippen LogP contribution in [0.1, 0.15) is 34.1 Å². The number of carbonyl (C=O) groups excluding carboxylic acids is 2. The molecule has 0 fully saturated rings. The minimum atomic E-state index is -4.82. The SMILES string of the molecule is COC(=O)CCOCCc1ccc(-c2ccc(NC(=O)c3nc(C)oc3C(F)(F)F)cc2)cc1. The van der Waals surface area contributed by atoms with Gasteiger partial charge in [0.15, 0.2) is 11.6 Å². The van der Waals surface area contributed by atoms with Crippen molar-refractivity contribution in [3.05, 3.63) is 71.4 Å². The summed E-state index contributed by atoms with van der Waals surface area (Å²) in [5, 5.41) is 2.41. The van der Waals surface area contributed by atoms with Gasteiger partial charge in [-0.15, -0.1) is 0 Å². The molecule has 2 aromatic carbocycles. The third-order valence-electron chi connectivity index (χ3n) is 4.85. The Morgan fingerprint density at radius 2 is 1.62 bits per heavy atom. The van der Waals surface area contributed by atoms with E-state index in [1.54, 1.807) is 24.3 Å². The topological polar surface area (TPSA) is 90.7 Å². The molecular weight excluding hydrogens is 453 g/mol. The van der Waals surface area contributed by atoms with Crippen molar-refractivity contribution in [1.82, 2.24) is 4.98 Å². The molecule has 3 rings (SSSR count). The first-order valence-electron chi connectivity index (χ1n) is 10.4. The van der Waals surface area contributed by atoms with Gasteiger partial charge in [-0.05, 0) is 35.2 Å². The minimum Gasteiger partial charge on any atom is -0.469 e. The quantitative estimate of drug-likeness (QED) is 0.344. The van der Waals surface area contributed by atoms with Crippen LogP contribution < -0.4 is 5.32 Å². The van der Waals surface area contributed by atoms with Crippen LogP contribution in [0.3, 0.4) is 0 Å². The highest BCUT2D eigenvalue weighted by atomic mass is 19.4. The summed E-state index contributed by atoms with van der Waals surface area (Å²) in [6.07, 6.45) is -3.92. The molecular formula is C24H23F3N2O5. The summed E-state index contributed by atoms with van der Waals surface area (Å²) in [6.45, 7) is 2.03. The Balaban J connectivity index is 1.56. The lowest BCUT2D eigenvalue weighted by Crippen LogP contribution is -2.18. The lowest BCUT2D eigenvalue weighted by atomic mass is 10.0. The average Bonchev–Trinajstić information content (AvgIpc) is 3.22. The molecule has 1 heterocycles.